The van der Waals surface area contributed by atoms with Gasteiger partial charge in [-0.15, -0.1) is 0 Å². The average Bonchev–Trinajstić information content (AvgIpc) is 2.36. The number of carbonyl (C=O) groups excluding carboxylic acids is 1. The number of carbonyl (C=O) groups is 1. The molecule has 1 aromatic carbocycles. The lowest BCUT2D eigenvalue weighted by atomic mass is 10.1. The van der Waals surface area contributed by atoms with Crippen molar-refractivity contribution in [3.05, 3.63) is 35.4 Å². The van der Waals surface area contributed by atoms with E-state index in [0.717, 1.165) is 12.8 Å². The fourth-order valence-corrected chi connectivity index (χ4v) is 1.57. The molecule has 0 atom stereocenters. The molecule has 0 spiro atoms. The molecule has 1 aromatic rings. The first-order chi connectivity index (χ1) is 8.17. The van der Waals surface area contributed by atoms with Gasteiger partial charge in [-0.25, -0.2) is 0 Å². The van der Waals surface area contributed by atoms with Crippen molar-refractivity contribution in [3.63, 3.8) is 0 Å². The monoisotopic (exact) mass is 230 g/mol. The molecule has 0 aliphatic heterocycles. The third-order valence-corrected chi connectivity index (χ3v) is 2.82. The number of hydrogen-bond acceptors (Lipinski definition) is 2. The Bertz CT molecular complexity index is 403. The summed E-state index contributed by atoms with van der Waals surface area (Å²) in [7, 11) is 1.74. The number of benzene rings is 1. The number of amides is 1. The van der Waals surface area contributed by atoms with E-state index < -0.39 is 0 Å². The van der Waals surface area contributed by atoms with Crippen LogP contribution in [0.3, 0.4) is 0 Å². The Balaban J connectivity index is 2.44. The molecule has 0 aliphatic carbocycles. The van der Waals surface area contributed by atoms with Crippen molar-refractivity contribution < 1.29 is 4.79 Å². The van der Waals surface area contributed by atoms with Crippen molar-refractivity contribution in [1.29, 1.82) is 5.26 Å². The Morgan fingerprint density at radius 3 is 2.41 bits per heavy atom. The van der Waals surface area contributed by atoms with Crippen molar-refractivity contribution in [2.75, 3.05) is 13.6 Å². The van der Waals surface area contributed by atoms with E-state index in [1.807, 2.05) is 6.07 Å². The summed E-state index contributed by atoms with van der Waals surface area (Å²) in [5.41, 5.74) is 2.54. The van der Waals surface area contributed by atoms with Crippen LogP contribution in [0.25, 0.3) is 0 Å². The lowest BCUT2D eigenvalue weighted by Crippen LogP contribution is -2.28. The first-order valence-corrected chi connectivity index (χ1v) is 5.86. The highest BCUT2D eigenvalue weighted by Gasteiger charge is 2.07. The van der Waals surface area contributed by atoms with E-state index in [-0.39, 0.29) is 12.3 Å². The molecule has 0 unspecified atom stereocenters. The van der Waals surface area contributed by atoms with Crippen LogP contribution >= 0.6 is 0 Å². The van der Waals surface area contributed by atoms with Gasteiger partial charge < -0.3 is 4.90 Å². The molecular formula is C14H18N2O. The predicted octanol–water partition coefficient (Wildman–Crippen LogP) is 2.16. The zero-order chi connectivity index (χ0) is 12.7. The number of likely N-dealkylation sites (N-methyl/N-ethyl adjacent to an activating group) is 1. The maximum absolute atomic E-state index is 11.4. The van der Waals surface area contributed by atoms with Crippen molar-refractivity contribution in [3.8, 4) is 6.07 Å². The minimum absolute atomic E-state index is 0.0364. The van der Waals surface area contributed by atoms with Gasteiger partial charge in [0.25, 0.3) is 0 Å². The van der Waals surface area contributed by atoms with E-state index in [4.69, 9.17) is 5.26 Å². The second-order valence-corrected chi connectivity index (χ2v) is 4.07. The van der Waals surface area contributed by atoms with Crippen molar-refractivity contribution in [2.45, 2.75) is 26.2 Å². The second-order valence-electron chi connectivity index (χ2n) is 4.07. The molecule has 3 nitrogen and oxygen atoms in total. The SMILES string of the molecule is CCc1ccc(CCN(C)C(=O)CC#N)cc1. The number of rotatable bonds is 5. The van der Waals surface area contributed by atoms with Gasteiger partial charge in [-0.3, -0.25) is 4.79 Å². The van der Waals surface area contributed by atoms with Gasteiger partial charge in [-0.05, 0) is 24.0 Å². The molecule has 0 fully saturated rings. The summed E-state index contributed by atoms with van der Waals surface area (Å²) in [4.78, 5) is 13.0. The Hall–Kier alpha value is -1.82. The van der Waals surface area contributed by atoms with E-state index in [1.165, 1.54) is 11.1 Å². The first-order valence-electron chi connectivity index (χ1n) is 5.86. The van der Waals surface area contributed by atoms with Crippen LogP contribution in [-0.4, -0.2) is 24.4 Å². The summed E-state index contributed by atoms with van der Waals surface area (Å²) in [5, 5.41) is 8.43. The molecule has 0 aliphatic rings. The van der Waals surface area contributed by atoms with Gasteiger partial charge in [0, 0.05) is 13.6 Å². The molecule has 0 saturated heterocycles. The zero-order valence-corrected chi connectivity index (χ0v) is 10.4. The minimum atomic E-state index is -0.113. The van der Waals surface area contributed by atoms with Gasteiger partial charge >= 0.3 is 0 Å². The molecule has 3 heteroatoms. The number of nitrogens with zero attached hydrogens (tertiary/aromatic N) is 2. The highest BCUT2D eigenvalue weighted by molar-refractivity contribution is 5.77. The van der Waals surface area contributed by atoms with E-state index >= 15 is 0 Å². The van der Waals surface area contributed by atoms with E-state index in [9.17, 15) is 4.79 Å². The quantitative estimate of drug-likeness (QED) is 0.778. The van der Waals surface area contributed by atoms with Crippen LogP contribution in [0.1, 0.15) is 24.5 Å². The highest BCUT2D eigenvalue weighted by Crippen LogP contribution is 2.06. The van der Waals surface area contributed by atoms with Crippen LogP contribution in [0, 0.1) is 11.3 Å². The molecule has 1 rings (SSSR count). The Kier molecular flexibility index (Phi) is 5.22. The third kappa shape index (κ3) is 4.28. The lowest BCUT2D eigenvalue weighted by molar-refractivity contribution is -0.128. The van der Waals surface area contributed by atoms with E-state index in [0.29, 0.717) is 6.54 Å². The van der Waals surface area contributed by atoms with E-state index in [1.54, 1.807) is 11.9 Å². The zero-order valence-electron chi connectivity index (χ0n) is 10.4. The second kappa shape index (κ2) is 6.70. The summed E-state index contributed by atoms with van der Waals surface area (Å²) in [6, 6.07) is 10.3. The standard InChI is InChI=1S/C14H18N2O/c1-3-12-4-6-13(7-5-12)9-11-16(2)14(17)8-10-15/h4-7H,3,8-9,11H2,1-2H3. The third-order valence-electron chi connectivity index (χ3n) is 2.82. The van der Waals surface area contributed by atoms with Crippen molar-refractivity contribution in [2.24, 2.45) is 0 Å². The molecule has 0 aromatic heterocycles. The van der Waals surface area contributed by atoms with Crippen LogP contribution in [0.15, 0.2) is 24.3 Å². The van der Waals surface area contributed by atoms with Gasteiger partial charge in [0.05, 0.1) is 6.07 Å². The predicted molar refractivity (Wildman–Crippen MR) is 67.4 cm³/mol. The Morgan fingerprint density at radius 1 is 1.29 bits per heavy atom. The molecule has 0 saturated carbocycles. The summed E-state index contributed by atoms with van der Waals surface area (Å²) >= 11 is 0. The number of hydrogen-bond donors (Lipinski definition) is 0. The highest BCUT2D eigenvalue weighted by atomic mass is 16.2. The van der Waals surface area contributed by atoms with E-state index in [2.05, 4.69) is 31.2 Å². The topological polar surface area (TPSA) is 44.1 Å². The van der Waals surface area contributed by atoms with Gasteiger partial charge in [-0.2, -0.15) is 5.26 Å². The van der Waals surface area contributed by atoms with Gasteiger partial charge in [0.1, 0.15) is 6.42 Å². The molecule has 0 heterocycles. The van der Waals surface area contributed by atoms with Gasteiger partial charge in [0.2, 0.25) is 5.91 Å². The maximum atomic E-state index is 11.4. The Labute approximate surface area is 103 Å². The normalized spacial score (nSPS) is 9.71. The summed E-state index contributed by atoms with van der Waals surface area (Å²) in [5.74, 6) is -0.113. The largest absolute Gasteiger partial charge is 0.345 e. The summed E-state index contributed by atoms with van der Waals surface area (Å²) in [6.45, 7) is 2.79. The van der Waals surface area contributed by atoms with Crippen LogP contribution in [-0.2, 0) is 17.6 Å². The maximum Gasteiger partial charge on any atom is 0.236 e. The summed E-state index contributed by atoms with van der Waals surface area (Å²) < 4.78 is 0. The van der Waals surface area contributed by atoms with Crippen LogP contribution < -0.4 is 0 Å². The molecule has 90 valence electrons. The number of aryl methyl sites for hydroxylation is 1. The summed E-state index contributed by atoms with van der Waals surface area (Å²) in [6.07, 6.45) is 1.84. The van der Waals surface area contributed by atoms with Crippen molar-refractivity contribution >= 4 is 5.91 Å². The minimum Gasteiger partial charge on any atom is -0.345 e. The lowest BCUT2D eigenvalue weighted by Gasteiger charge is -2.15. The average molecular weight is 230 g/mol. The fourth-order valence-electron chi connectivity index (χ4n) is 1.57. The first kappa shape index (κ1) is 13.2. The molecule has 0 N–H and O–H groups in total. The molecule has 17 heavy (non-hydrogen) atoms. The van der Waals surface area contributed by atoms with Crippen LogP contribution in [0.2, 0.25) is 0 Å². The molecular weight excluding hydrogens is 212 g/mol. The molecule has 1 amide bonds. The van der Waals surface area contributed by atoms with Crippen LogP contribution in [0.4, 0.5) is 0 Å². The Morgan fingerprint density at radius 2 is 1.88 bits per heavy atom. The van der Waals surface area contributed by atoms with Crippen molar-refractivity contribution in [1.82, 2.24) is 4.90 Å². The molecule has 0 radical (unpaired) electrons. The number of nitriles is 1. The van der Waals surface area contributed by atoms with Gasteiger partial charge in [-0.1, -0.05) is 31.2 Å². The fraction of sp³-hybridized carbons (Fsp3) is 0.429. The van der Waals surface area contributed by atoms with Crippen LogP contribution in [0.5, 0.6) is 0 Å². The smallest absolute Gasteiger partial charge is 0.236 e. The molecule has 0 bridgehead atoms. The van der Waals surface area contributed by atoms with Gasteiger partial charge in [0.15, 0.2) is 0 Å².